The van der Waals surface area contributed by atoms with E-state index in [1.807, 2.05) is 0 Å². The fourth-order valence-electron chi connectivity index (χ4n) is 2.80. The van der Waals surface area contributed by atoms with Crippen LogP contribution in [0.25, 0.3) is 0 Å². The molecule has 1 N–H and O–H groups in total. The maximum atomic E-state index is 13.1. The van der Waals surface area contributed by atoms with Gasteiger partial charge in [0.2, 0.25) is 10.0 Å². The average Bonchev–Trinajstić information content (AvgIpc) is 2.45. The van der Waals surface area contributed by atoms with Crippen LogP contribution in [0.3, 0.4) is 0 Å². The quantitative estimate of drug-likeness (QED) is 0.889. The SMILES string of the molecule is CN(CC1CCCCC1O)S(=O)(=O)Cc1ccc(F)c(Cl)c1. The molecule has 1 fully saturated rings. The van der Waals surface area contributed by atoms with Gasteiger partial charge in [0.1, 0.15) is 5.82 Å². The van der Waals surface area contributed by atoms with Crippen LogP contribution in [0.15, 0.2) is 18.2 Å². The molecular weight excluding hydrogens is 329 g/mol. The minimum absolute atomic E-state index is 0.0228. The third-order valence-corrected chi connectivity index (χ3v) is 6.26. The van der Waals surface area contributed by atoms with Crippen molar-refractivity contribution < 1.29 is 17.9 Å². The fraction of sp³-hybridized carbons (Fsp3) is 0.600. The number of hydrogen-bond donors (Lipinski definition) is 1. The first kappa shape index (κ1) is 17.7. The van der Waals surface area contributed by atoms with E-state index in [0.29, 0.717) is 12.1 Å². The molecule has 1 aliphatic carbocycles. The number of sulfonamides is 1. The van der Waals surface area contributed by atoms with Gasteiger partial charge in [0.25, 0.3) is 0 Å². The van der Waals surface area contributed by atoms with Crippen LogP contribution in [0.4, 0.5) is 4.39 Å². The van der Waals surface area contributed by atoms with E-state index in [0.717, 1.165) is 31.7 Å². The summed E-state index contributed by atoms with van der Waals surface area (Å²) in [6.07, 6.45) is 3.13. The van der Waals surface area contributed by atoms with E-state index in [9.17, 15) is 17.9 Å². The van der Waals surface area contributed by atoms with E-state index in [1.54, 1.807) is 0 Å². The molecule has 22 heavy (non-hydrogen) atoms. The highest BCUT2D eigenvalue weighted by Gasteiger charge is 2.28. The van der Waals surface area contributed by atoms with Gasteiger partial charge < -0.3 is 5.11 Å². The molecule has 0 aromatic heterocycles. The van der Waals surface area contributed by atoms with Crippen LogP contribution in [-0.4, -0.2) is 37.5 Å². The second-order valence-corrected chi connectivity index (χ2v) is 8.38. The van der Waals surface area contributed by atoms with Crippen molar-refractivity contribution in [1.82, 2.24) is 4.31 Å². The molecule has 2 atom stereocenters. The minimum Gasteiger partial charge on any atom is -0.393 e. The van der Waals surface area contributed by atoms with Crippen LogP contribution in [0.2, 0.25) is 5.02 Å². The van der Waals surface area contributed by atoms with Crippen molar-refractivity contribution in [2.45, 2.75) is 37.5 Å². The average molecular weight is 350 g/mol. The Morgan fingerprint density at radius 3 is 2.68 bits per heavy atom. The maximum absolute atomic E-state index is 13.1. The summed E-state index contributed by atoms with van der Waals surface area (Å²) in [6.45, 7) is 0.304. The highest BCUT2D eigenvalue weighted by atomic mass is 35.5. The monoisotopic (exact) mass is 349 g/mol. The summed E-state index contributed by atoms with van der Waals surface area (Å²) < 4.78 is 39.2. The topological polar surface area (TPSA) is 57.6 Å². The van der Waals surface area contributed by atoms with Crippen molar-refractivity contribution in [2.24, 2.45) is 5.92 Å². The van der Waals surface area contributed by atoms with E-state index in [1.165, 1.54) is 23.5 Å². The van der Waals surface area contributed by atoms with Crippen molar-refractivity contribution in [3.63, 3.8) is 0 Å². The summed E-state index contributed by atoms with van der Waals surface area (Å²) in [5.41, 5.74) is 0.447. The maximum Gasteiger partial charge on any atom is 0.218 e. The second-order valence-electron chi connectivity index (χ2n) is 5.90. The molecule has 2 rings (SSSR count). The Bertz CT molecular complexity index is 623. The van der Waals surface area contributed by atoms with E-state index in [4.69, 9.17) is 11.6 Å². The first-order chi connectivity index (χ1) is 10.3. The molecule has 124 valence electrons. The Morgan fingerprint density at radius 2 is 2.05 bits per heavy atom. The van der Waals surface area contributed by atoms with Crippen molar-refractivity contribution in [1.29, 1.82) is 0 Å². The lowest BCUT2D eigenvalue weighted by molar-refractivity contribution is 0.0620. The van der Waals surface area contributed by atoms with Crippen molar-refractivity contribution in [3.8, 4) is 0 Å². The van der Waals surface area contributed by atoms with Crippen LogP contribution in [0, 0.1) is 11.7 Å². The molecule has 1 aliphatic rings. The van der Waals surface area contributed by atoms with E-state index >= 15 is 0 Å². The Kier molecular flexibility index (Phi) is 5.82. The predicted octanol–water partition coefficient (Wildman–Crippen LogP) is 2.79. The summed E-state index contributed by atoms with van der Waals surface area (Å²) in [7, 11) is -2.01. The lowest BCUT2D eigenvalue weighted by atomic mass is 9.86. The summed E-state index contributed by atoms with van der Waals surface area (Å²) in [6, 6.07) is 3.91. The van der Waals surface area contributed by atoms with Gasteiger partial charge in [-0.3, -0.25) is 0 Å². The van der Waals surface area contributed by atoms with Gasteiger partial charge >= 0.3 is 0 Å². The van der Waals surface area contributed by atoms with Crippen LogP contribution < -0.4 is 0 Å². The van der Waals surface area contributed by atoms with Gasteiger partial charge in [-0.25, -0.2) is 17.1 Å². The third kappa shape index (κ3) is 4.41. The number of benzene rings is 1. The molecule has 0 bridgehead atoms. The van der Waals surface area contributed by atoms with Gasteiger partial charge in [-0.1, -0.05) is 30.5 Å². The van der Waals surface area contributed by atoms with E-state index < -0.39 is 21.9 Å². The zero-order valence-electron chi connectivity index (χ0n) is 12.5. The molecule has 4 nitrogen and oxygen atoms in total. The number of halogens is 2. The van der Waals surface area contributed by atoms with Gasteiger partial charge in [-0.2, -0.15) is 0 Å². The zero-order valence-corrected chi connectivity index (χ0v) is 14.1. The summed E-state index contributed by atoms with van der Waals surface area (Å²) >= 11 is 5.68. The summed E-state index contributed by atoms with van der Waals surface area (Å²) in [4.78, 5) is 0. The smallest absolute Gasteiger partial charge is 0.218 e. The van der Waals surface area contributed by atoms with E-state index in [-0.39, 0.29) is 16.7 Å². The van der Waals surface area contributed by atoms with Crippen LogP contribution in [0.5, 0.6) is 0 Å². The first-order valence-corrected chi connectivity index (χ1v) is 9.34. The fourth-order valence-corrected chi connectivity index (χ4v) is 4.24. The number of aliphatic hydroxyl groups excluding tert-OH is 1. The number of hydrogen-bond acceptors (Lipinski definition) is 3. The molecule has 2 unspecified atom stereocenters. The molecule has 0 spiro atoms. The first-order valence-electron chi connectivity index (χ1n) is 7.35. The largest absolute Gasteiger partial charge is 0.393 e. The molecule has 0 amide bonds. The highest BCUT2D eigenvalue weighted by Crippen LogP contribution is 2.26. The Balaban J connectivity index is 2.03. The minimum atomic E-state index is -3.52. The van der Waals surface area contributed by atoms with Gasteiger partial charge in [0.05, 0.1) is 16.9 Å². The molecule has 7 heteroatoms. The Morgan fingerprint density at radius 1 is 1.36 bits per heavy atom. The van der Waals surface area contributed by atoms with E-state index in [2.05, 4.69) is 0 Å². The standard InChI is InChI=1S/C15H21ClFNO3S/c1-18(9-12-4-2-3-5-15(12)19)22(20,21)10-11-6-7-14(17)13(16)8-11/h6-8,12,15,19H,2-5,9-10H2,1H3. The van der Waals surface area contributed by atoms with Crippen LogP contribution >= 0.6 is 11.6 Å². The molecule has 1 aromatic rings. The van der Waals surface area contributed by atoms with Crippen molar-refractivity contribution >= 4 is 21.6 Å². The molecule has 1 saturated carbocycles. The molecule has 1 aromatic carbocycles. The number of aliphatic hydroxyl groups is 1. The number of rotatable bonds is 5. The molecule has 0 heterocycles. The van der Waals surface area contributed by atoms with Gasteiger partial charge in [-0.05, 0) is 36.5 Å². The molecular formula is C15H21ClFNO3S. The Hall–Kier alpha value is -0.690. The van der Waals surface area contributed by atoms with Gasteiger partial charge in [-0.15, -0.1) is 0 Å². The Labute approximate surface area is 135 Å². The summed E-state index contributed by atoms with van der Waals surface area (Å²) in [5.74, 6) is -0.821. The number of nitrogens with zero attached hydrogens (tertiary/aromatic N) is 1. The molecule has 0 radical (unpaired) electrons. The normalized spacial score (nSPS) is 23.0. The van der Waals surface area contributed by atoms with Gasteiger partial charge in [0, 0.05) is 13.6 Å². The highest BCUT2D eigenvalue weighted by molar-refractivity contribution is 7.88. The van der Waals surface area contributed by atoms with Crippen molar-refractivity contribution in [2.75, 3.05) is 13.6 Å². The predicted molar refractivity (Wildman–Crippen MR) is 84.6 cm³/mol. The van der Waals surface area contributed by atoms with Crippen LogP contribution in [0.1, 0.15) is 31.2 Å². The third-order valence-electron chi connectivity index (χ3n) is 4.17. The lowest BCUT2D eigenvalue weighted by Crippen LogP contribution is -2.38. The van der Waals surface area contributed by atoms with Gasteiger partial charge in [0.15, 0.2) is 0 Å². The zero-order chi connectivity index (χ0) is 16.3. The van der Waals surface area contributed by atoms with Crippen molar-refractivity contribution in [3.05, 3.63) is 34.6 Å². The lowest BCUT2D eigenvalue weighted by Gasteiger charge is -2.30. The molecule has 0 saturated heterocycles. The second kappa shape index (κ2) is 7.25. The van der Waals surface area contributed by atoms with Crippen LogP contribution in [-0.2, 0) is 15.8 Å². The summed E-state index contributed by atoms with van der Waals surface area (Å²) in [5, 5.41) is 9.87. The molecule has 0 aliphatic heterocycles.